The van der Waals surface area contributed by atoms with E-state index in [0.29, 0.717) is 6.54 Å². The van der Waals surface area contributed by atoms with Gasteiger partial charge >= 0.3 is 0 Å². The summed E-state index contributed by atoms with van der Waals surface area (Å²) in [6.07, 6.45) is 2.72. The van der Waals surface area contributed by atoms with Crippen LogP contribution in [0, 0.1) is 0 Å². The SMILES string of the molecule is OCC(CO)NCC1(O)CCC1. The van der Waals surface area contributed by atoms with Gasteiger partial charge in [0.2, 0.25) is 0 Å². The van der Waals surface area contributed by atoms with Gasteiger partial charge in [-0.15, -0.1) is 0 Å². The smallest absolute Gasteiger partial charge is 0.0771 e. The second kappa shape index (κ2) is 4.18. The van der Waals surface area contributed by atoms with Crippen molar-refractivity contribution >= 4 is 0 Å². The Kier molecular flexibility index (Phi) is 3.46. The Morgan fingerprint density at radius 1 is 1.25 bits per heavy atom. The van der Waals surface area contributed by atoms with Crippen molar-refractivity contribution in [3.8, 4) is 0 Å². The van der Waals surface area contributed by atoms with Crippen molar-refractivity contribution in [1.29, 1.82) is 0 Å². The summed E-state index contributed by atoms with van der Waals surface area (Å²) in [6.45, 7) is 0.290. The van der Waals surface area contributed by atoms with Crippen LogP contribution in [0.5, 0.6) is 0 Å². The molecule has 0 aliphatic heterocycles. The summed E-state index contributed by atoms with van der Waals surface area (Å²) in [5, 5.41) is 30.0. The zero-order valence-corrected chi connectivity index (χ0v) is 7.16. The van der Waals surface area contributed by atoms with E-state index in [-0.39, 0.29) is 19.3 Å². The van der Waals surface area contributed by atoms with Crippen molar-refractivity contribution in [3.63, 3.8) is 0 Å². The maximum atomic E-state index is 9.62. The molecule has 0 aromatic rings. The molecule has 1 rings (SSSR count). The molecule has 12 heavy (non-hydrogen) atoms. The average molecular weight is 175 g/mol. The molecule has 4 nitrogen and oxygen atoms in total. The van der Waals surface area contributed by atoms with Gasteiger partial charge in [0.05, 0.1) is 24.9 Å². The minimum absolute atomic E-state index is 0.0907. The number of nitrogens with one attached hydrogen (secondary N) is 1. The van der Waals surface area contributed by atoms with Crippen LogP contribution in [0.4, 0.5) is 0 Å². The third-order valence-electron chi connectivity index (χ3n) is 2.44. The first-order chi connectivity index (χ1) is 5.70. The first-order valence-electron chi connectivity index (χ1n) is 4.38. The molecule has 72 valence electrons. The maximum absolute atomic E-state index is 9.62. The highest BCUT2D eigenvalue weighted by atomic mass is 16.3. The lowest BCUT2D eigenvalue weighted by Crippen LogP contribution is -2.50. The summed E-state index contributed by atoms with van der Waals surface area (Å²) in [5.41, 5.74) is -0.581. The quantitative estimate of drug-likeness (QED) is 0.425. The van der Waals surface area contributed by atoms with Crippen molar-refractivity contribution in [2.45, 2.75) is 30.9 Å². The summed E-state index contributed by atoms with van der Waals surface area (Å²) in [4.78, 5) is 0. The number of hydrogen-bond acceptors (Lipinski definition) is 4. The van der Waals surface area contributed by atoms with Gasteiger partial charge in [-0.2, -0.15) is 0 Å². The van der Waals surface area contributed by atoms with Crippen molar-refractivity contribution in [1.82, 2.24) is 5.32 Å². The molecule has 1 saturated carbocycles. The van der Waals surface area contributed by atoms with Crippen LogP contribution in [0.1, 0.15) is 19.3 Å². The zero-order chi connectivity index (χ0) is 9.03. The molecule has 1 fully saturated rings. The van der Waals surface area contributed by atoms with Gasteiger partial charge in [0.1, 0.15) is 0 Å². The molecule has 4 N–H and O–H groups in total. The van der Waals surface area contributed by atoms with Crippen molar-refractivity contribution in [2.24, 2.45) is 0 Å². The molecule has 0 radical (unpaired) electrons. The Morgan fingerprint density at radius 3 is 2.17 bits per heavy atom. The Labute approximate surface area is 72.2 Å². The lowest BCUT2D eigenvalue weighted by atomic mass is 9.80. The Bertz CT molecular complexity index is 132. The molecule has 0 saturated heterocycles. The molecule has 4 heteroatoms. The van der Waals surface area contributed by atoms with Gasteiger partial charge in [-0.25, -0.2) is 0 Å². The normalized spacial score (nSPS) is 21.0. The average Bonchev–Trinajstić information content (AvgIpc) is 2.03. The Hall–Kier alpha value is -0.160. The second-order valence-corrected chi connectivity index (χ2v) is 3.52. The highest BCUT2D eigenvalue weighted by Gasteiger charge is 2.34. The van der Waals surface area contributed by atoms with E-state index >= 15 is 0 Å². The highest BCUT2D eigenvalue weighted by molar-refractivity contribution is 4.90. The summed E-state index contributed by atoms with van der Waals surface area (Å²) >= 11 is 0. The molecule has 0 amide bonds. The van der Waals surface area contributed by atoms with Crippen molar-refractivity contribution < 1.29 is 15.3 Å². The van der Waals surface area contributed by atoms with Gasteiger partial charge in [0.15, 0.2) is 0 Å². The van der Waals surface area contributed by atoms with Gasteiger partial charge in [0, 0.05) is 6.54 Å². The predicted molar refractivity (Wildman–Crippen MR) is 44.8 cm³/mol. The van der Waals surface area contributed by atoms with E-state index in [1.807, 2.05) is 0 Å². The van der Waals surface area contributed by atoms with Crippen LogP contribution in [-0.2, 0) is 0 Å². The summed E-state index contributed by atoms with van der Waals surface area (Å²) in [7, 11) is 0. The Morgan fingerprint density at radius 2 is 1.83 bits per heavy atom. The van der Waals surface area contributed by atoms with E-state index < -0.39 is 5.60 Å². The van der Waals surface area contributed by atoms with Crippen molar-refractivity contribution in [2.75, 3.05) is 19.8 Å². The van der Waals surface area contributed by atoms with Crippen LogP contribution in [0.2, 0.25) is 0 Å². The molecule has 0 spiro atoms. The fourth-order valence-electron chi connectivity index (χ4n) is 1.28. The molecule has 0 aromatic carbocycles. The first kappa shape index (κ1) is 9.92. The lowest BCUT2D eigenvalue weighted by molar-refractivity contribution is -0.0356. The van der Waals surface area contributed by atoms with Crippen LogP contribution in [-0.4, -0.2) is 46.7 Å². The predicted octanol–water partition coefficient (Wildman–Crippen LogP) is -1.16. The van der Waals surface area contributed by atoms with Gasteiger partial charge in [0.25, 0.3) is 0 Å². The summed E-state index contributed by atoms with van der Waals surface area (Å²) < 4.78 is 0. The Balaban J connectivity index is 2.14. The summed E-state index contributed by atoms with van der Waals surface area (Å²) in [5.74, 6) is 0. The van der Waals surface area contributed by atoms with E-state index in [2.05, 4.69) is 5.32 Å². The van der Waals surface area contributed by atoms with E-state index in [9.17, 15) is 5.11 Å². The summed E-state index contributed by atoms with van der Waals surface area (Å²) in [6, 6.07) is -0.297. The van der Waals surface area contributed by atoms with Crippen LogP contribution in [0.15, 0.2) is 0 Å². The van der Waals surface area contributed by atoms with Crippen LogP contribution in [0.3, 0.4) is 0 Å². The number of hydrogen-bond donors (Lipinski definition) is 4. The maximum Gasteiger partial charge on any atom is 0.0771 e. The van der Waals surface area contributed by atoms with Crippen molar-refractivity contribution in [3.05, 3.63) is 0 Å². The third-order valence-corrected chi connectivity index (χ3v) is 2.44. The third kappa shape index (κ3) is 2.42. The standard InChI is InChI=1S/C8H17NO3/c10-4-7(5-11)9-6-8(12)2-1-3-8/h7,9-12H,1-6H2. The molecule has 0 aromatic heterocycles. The first-order valence-corrected chi connectivity index (χ1v) is 4.38. The number of aliphatic hydroxyl groups is 3. The van der Waals surface area contributed by atoms with Gasteiger partial charge < -0.3 is 20.6 Å². The van der Waals surface area contributed by atoms with E-state index in [1.165, 1.54) is 0 Å². The molecule has 0 heterocycles. The van der Waals surface area contributed by atoms with Gasteiger partial charge in [-0.3, -0.25) is 0 Å². The van der Waals surface area contributed by atoms with E-state index in [4.69, 9.17) is 10.2 Å². The lowest BCUT2D eigenvalue weighted by Gasteiger charge is -2.37. The van der Waals surface area contributed by atoms with Gasteiger partial charge in [-0.05, 0) is 19.3 Å². The van der Waals surface area contributed by atoms with Crippen LogP contribution < -0.4 is 5.32 Å². The van der Waals surface area contributed by atoms with Crippen LogP contribution in [0.25, 0.3) is 0 Å². The van der Waals surface area contributed by atoms with E-state index in [0.717, 1.165) is 19.3 Å². The number of rotatable bonds is 5. The fraction of sp³-hybridized carbons (Fsp3) is 1.00. The second-order valence-electron chi connectivity index (χ2n) is 3.52. The van der Waals surface area contributed by atoms with Crippen LogP contribution >= 0.6 is 0 Å². The molecule has 1 aliphatic carbocycles. The molecular formula is C8H17NO3. The monoisotopic (exact) mass is 175 g/mol. The topological polar surface area (TPSA) is 72.7 Å². The molecule has 0 unspecified atom stereocenters. The molecule has 1 aliphatic rings. The molecule has 0 bridgehead atoms. The van der Waals surface area contributed by atoms with E-state index in [1.54, 1.807) is 0 Å². The molecular weight excluding hydrogens is 158 g/mol. The molecule has 0 atom stereocenters. The fourth-order valence-corrected chi connectivity index (χ4v) is 1.28. The number of aliphatic hydroxyl groups excluding tert-OH is 2. The largest absolute Gasteiger partial charge is 0.395 e. The highest BCUT2D eigenvalue weighted by Crippen LogP contribution is 2.30. The van der Waals surface area contributed by atoms with Gasteiger partial charge in [-0.1, -0.05) is 0 Å². The minimum Gasteiger partial charge on any atom is -0.395 e. The minimum atomic E-state index is -0.581. The zero-order valence-electron chi connectivity index (χ0n) is 7.16.